The minimum atomic E-state index is 0.225. The van der Waals surface area contributed by atoms with Crippen molar-refractivity contribution in [1.82, 2.24) is 9.88 Å². The summed E-state index contributed by atoms with van der Waals surface area (Å²) < 4.78 is 2.20. The number of hydrogen-bond acceptors (Lipinski definition) is 2. The standard InChI is InChI=1S/C17H24N2O/c1-14(13-20)15(2)18-10-17-8-9-19(12-17)11-16-6-4-3-5-7-16/h3-9,12,14-15,18,20H,10-11,13H2,1-2H3. The van der Waals surface area contributed by atoms with Crippen LogP contribution in [0.1, 0.15) is 25.0 Å². The molecular weight excluding hydrogens is 248 g/mol. The molecule has 0 fully saturated rings. The van der Waals surface area contributed by atoms with Gasteiger partial charge in [-0.3, -0.25) is 0 Å². The van der Waals surface area contributed by atoms with Crippen LogP contribution in [0, 0.1) is 5.92 Å². The Morgan fingerprint density at radius 3 is 2.55 bits per heavy atom. The summed E-state index contributed by atoms with van der Waals surface area (Å²) in [6.07, 6.45) is 4.29. The second kappa shape index (κ2) is 7.27. The lowest BCUT2D eigenvalue weighted by atomic mass is 10.1. The van der Waals surface area contributed by atoms with Crippen LogP contribution in [0.2, 0.25) is 0 Å². The monoisotopic (exact) mass is 272 g/mol. The molecule has 0 spiro atoms. The van der Waals surface area contributed by atoms with Gasteiger partial charge in [0, 0.05) is 38.1 Å². The summed E-state index contributed by atoms with van der Waals surface area (Å²) in [7, 11) is 0. The van der Waals surface area contributed by atoms with Gasteiger partial charge in [-0.15, -0.1) is 0 Å². The molecule has 0 aliphatic rings. The lowest BCUT2D eigenvalue weighted by molar-refractivity contribution is 0.207. The van der Waals surface area contributed by atoms with Crippen molar-refractivity contribution >= 4 is 0 Å². The van der Waals surface area contributed by atoms with E-state index in [0.29, 0.717) is 6.04 Å². The number of aromatic nitrogens is 1. The SMILES string of the molecule is CC(CO)C(C)NCc1ccn(Cc2ccccc2)c1. The highest BCUT2D eigenvalue weighted by molar-refractivity contribution is 5.17. The van der Waals surface area contributed by atoms with Gasteiger partial charge in [0.25, 0.3) is 0 Å². The van der Waals surface area contributed by atoms with Crippen molar-refractivity contribution in [2.75, 3.05) is 6.61 Å². The molecule has 3 heteroatoms. The zero-order chi connectivity index (χ0) is 14.4. The molecule has 2 aromatic rings. The van der Waals surface area contributed by atoms with E-state index in [1.165, 1.54) is 11.1 Å². The van der Waals surface area contributed by atoms with Gasteiger partial charge >= 0.3 is 0 Å². The van der Waals surface area contributed by atoms with Crippen LogP contribution in [0.5, 0.6) is 0 Å². The molecule has 1 heterocycles. The van der Waals surface area contributed by atoms with Crippen molar-refractivity contribution in [1.29, 1.82) is 0 Å². The molecule has 1 aromatic carbocycles. The van der Waals surface area contributed by atoms with Gasteiger partial charge in [-0.25, -0.2) is 0 Å². The molecule has 0 aliphatic carbocycles. The third kappa shape index (κ3) is 4.22. The van der Waals surface area contributed by atoms with Crippen molar-refractivity contribution in [2.24, 2.45) is 5.92 Å². The molecule has 0 saturated carbocycles. The predicted octanol–water partition coefficient (Wildman–Crippen LogP) is 2.64. The molecule has 0 bridgehead atoms. The summed E-state index contributed by atoms with van der Waals surface area (Å²) in [5.74, 6) is 0.279. The van der Waals surface area contributed by atoms with E-state index in [9.17, 15) is 0 Å². The summed E-state index contributed by atoms with van der Waals surface area (Å²) in [5, 5.41) is 12.6. The first-order valence-electron chi connectivity index (χ1n) is 7.22. The van der Waals surface area contributed by atoms with E-state index in [1.807, 2.05) is 6.07 Å². The highest BCUT2D eigenvalue weighted by Gasteiger charge is 2.10. The first kappa shape index (κ1) is 14.8. The summed E-state index contributed by atoms with van der Waals surface area (Å²) in [4.78, 5) is 0. The van der Waals surface area contributed by atoms with Gasteiger partial charge in [0.2, 0.25) is 0 Å². The average Bonchev–Trinajstić information content (AvgIpc) is 2.92. The van der Waals surface area contributed by atoms with E-state index in [-0.39, 0.29) is 12.5 Å². The van der Waals surface area contributed by atoms with Crippen LogP contribution < -0.4 is 5.32 Å². The number of nitrogens with one attached hydrogen (secondary N) is 1. The van der Waals surface area contributed by atoms with Crippen molar-refractivity contribution in [2.45, 2.75) is 33.0 Å². The molecule has 0 aliphatic heterocycles. The quantitative estimate of drug-likeness (QED) is 0.813. The fourth-order valence-electron chi connectivity index (χ4n) is 2.13. The lowest BCUT2D eigenvalue weighted by Gasteiger charge is -2.18. The van der Waals surface area contributed by atoms with E-state index in [2.05, 4.69) is 66.5 Å². The first-order chi connectivity index (χ1) is 9.69. The zero-order valence-electron chi connectivity index (χ0n) is 12.3. The van der Waals surface area contributed by atoms with Gasteiger partial charge in [0.05, 0.1) is 0 Å². The molecule has 20 heavy (non-hydrogen) atoms. The van der Waals surface area contributed by atoms with Gasteiger partial charge in [-0.05, 0) is 30.0 Å². The maximum atomic E-state index is 9.13. The van der Waals surface area contributed by atoms with E-state index >= 15 is 0 Å². The smallest absolute Gasteiger partial charge is 0.0471 e. The fourth-order valence-corrected chi connectivity index (χ4v) is 2.13. The minimum absolute atomic E-state index is 0.225. The molecule has 0 radical (unpaired) electrons. The Balaban J connectivity index is 1.86. The molecule has 2 N–H and O–H groups in total. The Bertz CT molecular complexity index is 507. The lowest BCUT2D eigenvalue weighted by Crippen LogP contribution is -2.33. The van der Waals surface area contributed by atoms with Gasteiger partial charge < -0.3 is 15.0 Å². The fraction of sp³-hybridized carbons (Fsp3) is 0.412. The van der Waals surface area contributed by atoms with Crippen molar-refractivity contribution in [3.8, 4) is 0 Å². The van der Waals surface area contributed by atoms with Gasteiger partial charge in [0.15, 0.2) is 0 Å². The molecular formula is C17H24N2O. The van der Waals surface area contributed by atoms with E-state index in [4.69, 9.17) is 5.11 Å². The molecule has 2 unspecified atom stereocenters. The van der Waals surface area contributed by atoms with Crippen LogP contribution in [0.3, 0.4) is 0 Å². The highest BCUT2D eigenvalue weighted by atomic mass is 16.3. The predicted molar refractivity (Wildman–Crippen MR) is 82.5 cm³/mol. The van der Waals surface area contributed by atoms with E-state index < -0.39 is 0 Å². The van der Waals surface area contributed by atoms with Gasteiger partial charge in [-0.1, -0.05) is 37.3 Å². The maximum Gasteiger partial charge on any atom is 0.0471 e. The van der Waals surface area contributed by atoms with Crippen LogP contribution >= 0.6 is 0 Å². The minimum Gasteiger partial charge on any atom is -0.396 e. The molecule has 0 amide bonds. The van der Waals surface area contributed by atoms with Crippen LogP contribution in [-0.2, 0) is 13.1 Å². The zero-order valence-corrected chi connectivity index (χ0v) is 12.3. The summed E-state index contributed by atoms with van der Waals surface area (Å²) in [6.45, 7) is 6.14. The second-order valence-electron chi connectivity index (χ2n) is 5.51. The first-order valence-corrected chi connectivity index (χ1v) is 7.22. The van der Waals surface area contributed by atoms with E-state index in [1.54, 1.807) is 0 Å². The van der Waals surface area contributed by atoms with Crippen molar-refractivity contribution < 1.29 is 5.11 Å². The van der Waals surface area contributed by atoms with Gasteiger partial charge in [-0.2, -0.15) is 0 Å². The Morgan fingerprint density at radius 1 is 1.10 bits per heavy atom. The number of benzene rings is 1. The maximum absolute atomic E-state index is 9.13. The number of nitrogens with zero attached hydrogens (tertiary/aromatic N) is 1. The number of aliphatic hydroxyl groups excluding tert-OH is 1. The van der Waals surface area contributed by atoms with Crippen molar-refractivity contribution in [3.05, 3.63) is 59.9 Å². The third-order valence-electron chi connectivity index (χ3n) is 3.79. The number of hydrogen-bond donors (Lipinski definition) is 2. The summed E-state index contributed by atoms with van der Waals surface area (Å²) >= 11 is 0. The van der Waals surface area contributed by atoms with Crippen LogP contribution in [0.25, 0.3) is 0 Å². The molecule has 3 nitrogen and oxygen atoms in total. The number of aliphatic hydroxyl groups is 1. The Morgan fingerprint density at radius 2 is 1.85 bits per heavy atom. The van der Waals surface area contributed by atoms with Gasteiger partial charge in [0.1, 0.15) is 0 Å². The second-order valence-corrected chi connectivity index (χ2v) is 5.51. The Kier molecular flexibility index (Phi) is 5.39. The Hall–Kier alpha value is -1.58. The largest absolute Gasteiger partial charge is 0.396 e. The Labute approximate surface area is 121 Å². The number of rotatable bonds is 7. The average molecular weight is 272 g/mol. The van der Waals surface area contributed by atoms with Crippen LogP contribution in [-0.4, -0.2) is 22.3 Å². The molecule has 2 rings (SSSR count). The summed E-state index contributed by atoms with van der Waals surface area (Å²) in [6, 6.07) is 12.9. The van der Waals surface area contributed by atoms with Crippen molar-refractivity contribution in [3.63, 3.8) is 0 Å². The topological polar surface area (TPSA) is 37.2 Å². The van der Waals surface area contributed by atoms with Crippen LogP contribution in [0.15, 0.2) is 48.8 Å². The normalized spacial score (nSPS) is 14.2. The molecule has 1 aromatic heterocycles. The third-order valence-corrected chi connectivity index (χ3v) is 3.79. The highest BCUT2D eigenvalue weighted by Crippen LogP contribution is 2.08. The summed E-state index contributed by atoms with van der Waals surface area (Å²) in [5.41, 5.74) is 2.59. The molecule has 2 atom stereocenters. The van der Waals surface area contributed by atoms with E-state index in [0.717, 1.165) is 13.1 Å². The molecule has 108 valence electrons. The molecule has 0 saturated heterocycles. The van der Waals surface area contributed by atoms with Crippen LogP contribution in [0.4, 0.5) is 0 Å².